The van der Waals surface area contributed by atoms with E-state index < -0.39 is 12.8 Å². The molecule has 0 bridgehead atoms. The Balaban J connectivity index is 1.38. The number of halogens is 3. The predicted octanol–water partition coefficient (Wildman–Crippen LogP) is 4.48. The molecular weight excluding hydrogens is 415 g/mol. The lowest BCUT2D eigenvalue weighted by molar-refractivity contribution is -0.153. The first kappa shape index (κ1) is 23.1. The molecule has 1 saturated carbocycles. The van der Waals surface area contributed by atoms with Crippen LogP contribution in [0.2, 0.25) is 0 Å². The molecular formula is C21H30F3N3O2S. The number of allylic oxidation sites excluding steroid dienone is 1. The van der Waals surface area contributed by atoms with Gasteiger partial charge in [0.2, 0.25) is 5.91 Å². The van der Waals surface area contributed by atoms with Crippen molar-refractivity contribution in [1.29, 1.82) is 0 Å². The van der Waals surface area contributed by atoms with Crippen molar-refractivity contribution < 1.29 is 22.7 Å². The molecule has 2 aliphatic rings. The van der Waals surface area contributed by atoms with Crippen molar-refractivity contribution in [2.24, 2.45) is 5.92 Å². The Hall–Kier alpha value is -1.61. The zero-order valence-corrected chi connectivity index (χ0v) is 18.2. The van der Waals surface area contributed by atoms with Gasteiger partial charge in [0.1, 0.15) is 0 Å². The van der Waals surface area contributed by atoms with Gasteiger partial charge in [-0.3, -0.25) is 4.79 Å². The van der Waals surface area contributed by atoms with Crippen LogP contribution < -0.4 is 10.1 Å². The van der Waals surface area contributed by atoms with Crippen LogP contribution in [-0.2, 0) is 17.6 Å². The largest absolute Gasteiger partial charge is 0.460 e. The second-order valence-electron chi connectivity index (χ2n) is 8.05. The van der Waals surface area contributed by atoms with E-state index in [4.69, 9.17) is 4.74 Å². The zero-order valence-electron chi connectivity index (χ0n) is 17.4. The number of nitrogens with one attached hydrogen (secondary N) is 1. The van der Waals surface area contributed by atoms with Crippen molar-refractivity contribution in [3.05, 3.63) is 22.3 Å². The number of thiazole rings is 1. The topological polar surface area (TPSA) is 54.5 Å². The number of amides is 1. The number of ether oxygens (including phenoxy) is 1. The van der Waals surface area contributed by atoms with Gasteiger partial charge in [0.25, 0.3) is 5.19 Å². The quantitative estimate of drug-likeness (QED) is 0.673. The van der Waals surface area contributed by atoms with E-state index in [1.165, 1.54) is 16.9 Å². The second-order valence-corrected chi connectivity index (χ2v) is 9.10. The molecule has 1 N–H and O–H groups in total. The fourth-order valence-corrected chi connectivity index (χ4v) is 4.89. The van der Waals surface area contributed by atoms with Gasteiger partial charge in [-0.15, -0.1) is 0 Å². The SMILES string of the molecule is CCC(=O)NC=C1CCC(CCN2CCc3nc(OCC(F)(F)F)sc3CC2)CC1. The van der Waals surface area contributed by atoms with Gasteiger partial charge in [-0.2, -0.15) is 13.2 Å². The van der Waals surface area contributed by atoms with E-state index in [2.05, 4.69) is 15.2 Å². The average molecular weight is 446 g/mol. The van der Waals surface area contributed by atoms with Crippen molar-refractivity contribution in [2.45, 2.75) is 64.5 Å². The lowest BCUT2D eigenvalue weighted by Crippen LogP contribution is -2.29. The third kappa shape index (κ3) is 7.27. The Kier molecular flexibility index (Phi) is 8.16. The molecule has 2 heterocycles. The van der Waals surface area contributed by atoms with E-state index in [1.807, 2.05) is 13.1 Å². The molecule has 1 fully saturated rings. The van der Waals surface area contributed by atoms with Gasteiger partial charge in [0.05, 0.1) is 5.69 Å². The van der Waals surface area contributed by atoms with Gasteiger partial charge in [-0.25, -0.2) is 4.98 Å². The monoisotopic (exact) mass is 445 g/mol. The Morgan fingerprint density at radius 2 is 2.00 bits per heavy atom. The number of hydrogen-bond acceptors (Lipinski definition) is 5. The molecule has 0 aromatic carbocycles. The summed E-state index contributed by atoms with van der Waals surface area (Å²) in [4.78, 5) is 19.1. The average Bonchev–Trinajstić information content (AvgIpc) is 3.02. The van der Waals surface area contributed by atoms with E-state index >= 15 is 0 Å². The molecule has 0 unspecified atom stereocenters. The van der Waals surface area contributed by atoms with Crippen LogP contribution in [0.3, 0.4) is 0 Å². The smallest absolute Gasteiger partial charge is 0.422 e. The van der Waals surface area contributed by atoms with Crippen LogP contribution in [0.1, 0.15) is 56.0 Å². The number of carbonyl (C=O) groups excluding carboxylic acids is 1. The molecule has 1 aliphatic heterocycles. The van der Waals surface area contributed by atoms with Gasteiger partial charge in [0.15, 0.2) is 6.61 Å². The minimum atomic E-state index is -4.33. The van der Waals surface area contributed by atoms with Crippen molar-refractivity contribution >= 4 is 17.2 Å². The van der Waals surface area contributed by atoms with Crippen LogP contribution in [0.5, 0.6) is 5.19 Å². The first-order chi connectivity index (χ1) is 14.3. The molecule has 0 saturated heterocycles. The molecule has 0 atom stereocenters. The van der Waals surface area contributed by atoms with Crippen LogP contribution in [0.15, 0.2) is 11.8 Å². The Labute approximate surface area is 179 Å². The summed E-state index contributed by atoms with van der Waals surface area (Å²) >= 11 is 1.25. The summed E-state index contributed by atoms with van der Waals surface area (Å²) in [5.74, 6) is 0.773. The van der Waals surface area contributed by atoms with E-state index in [0.717, 1.165) is 75.2 Å². The van der Waals surface area contributed by atoms with E-state index in [0.29, 0.717) is 12.3 Å². The molecule has 30 heavy (non-hydrogen) atoms. The minimum Gasteiger partial charge on any atom is -0.460 e. The van der Waals surface area contributed by atoms with E-state index in [-0.39, 0.29) is 11.1 Å². The molecule has 5 nitrogen and oxygen atoms in total. The number of alkyl halides is 3. The Morgan fingerprint density at radius 3 is 2.70 bits per heavy atom. The minimum absolute atomic E-state index is 0.0628. The third-order valence-electron chi connectivity index (χ3n) is 5.80. The third-order valence-corrected chi connectivity index (χ3v) is 6.87. The highest BCUT2D eigenvalue weighted by Gasteiger charge is 2.29. The highest BCUT2D eigenvalue weighted by molar-refractivity contribution is 7.13. The fraction of sp³-hybridized carbons (Fsp3) is 0.714. The summed E-state index contributed by atoms with van der Waals surface area (Å²) in [6.07, 6.45) is 5.24. The number of aromatic nitrogens is 1. The van der Waals surface area contributed by atoms with Gasteiger partial charge in [0, 0.05) is 37.0 Å². The van der Waals surface area contributed by atoms with Crippen LogP contribution in [0.4, 0.5) is 13.2 Å². The Morgan fingerprint density at radius 1 is 1.27 bits per heavy atom. The molecule has 3 rings (SSSR count). The van der Waals surface area contributed by atoms with Crippen molar-refractivity contribution in [3.63, 3.8) is 0 Å². The summed E-state index contributed by atoms with van der Waals surface area (Å²) in [6, 6.07) is 0. The highest BCUT2D eigenvalue weighted by atomic mass is 32.1. The summed E-state index contributed by atoms with van der Waals surface area (Å²) in [5, 5.41) is 2.99. The van der Waals surface area contributed by atoms with Crippen LogP contribution in [-0.4, -0.2) is 48.2 Å². The van der Waals surface area contributed by atoms with Gasteiger partial charge in [-0.1, -0.05) is 23.8 Å². The molecule has 1 aliphatic carbocycles. The maximum absolute atomic E-state index is 12.3. The zero-order chi connectivity index (χ0) is 21.6. The molecule has 9 heteroatoms. The predicted molar refractivity (Wildman–Crippen MR) is 111 cm³/mol. The van der Waals surface area contributed by atoms with E-state index in [9.17, 15) is 18.0 Å². The number of fused-ring (bicyclic) bond motifs is 1. The molecule has 1 amide bonds. The number of nitrogens with zero attached hydrogens (tertiary/aromatic N) is 2. The maximum atomic E-state index is 12.3. The molecule has 1 aromatic heterocycles. The van der Waals surface area contributed by atoms with Gasteiger partial charge < -0.3 is 15.0 Å². The molecule has 1 aromatic rings. The summed E-state index contributed by atoms with van der Waals surface area (Å²) in [5.41, 5.74) is 2.23. The Bertz CT molecular complexity index is 713. The summed E-state index contributed by atoms with van der Waals surface area (Å²) in [7, 11) is 0. The second kappa shape index (κ2) is 10.6. The van der Waals surface area contributed by atoms with Crippen LogP contribution in [0, 0.1) is 5.92 Å². The van der Waals surface area contributed by atoms with Crippen molar-refractivity contribution in [2.75, 3.05) is 26.2 Å². The van der Waals surface area contributed by atoms with Crippen LogP contribution in [0.25, 0.3) is 0 Å². The summed E-state index contributed by atoms with van der Waals surface area (Å²) < 4.78 is 41.7. The van der Waals surface area contributed by atoms with Crippen molar-refractivity contribution in [3.8, 4) is 5.19 Å². The maximum Gasteiger partial charge on any atom is 0.422 e. The first-order valence-electron chi connectivity index (χ1n) is 10.7. The van der Waals surface area contributed by atoms with Crippen LogP contribution >= 0.6 is 11.3 Å². The fourth-order valence-electron chi connectivity index (χ4n) is 3.95. The molecule has 168 valence electrons. The van der Waals surface area contributed by atoms with Gasteiger partial charge in [-0.05, 0) is 51.0 Å². The number of hydrogen-bond donors (Lipinski definition) is 1. The van der Waals surface area contributed by atoms with E-state index in [1.54, 1.807) is 0 Å². The number of rotatable bonds is 7. The molecule has 0 radical (unpaired) electrons. The highest BCUT2D eigenvalue weighted by Crippen LogP contribution is 2.32. The lowest BCUT2D eigenvalue weighted by Gasteiger charge is -2.27. The van der Waals surface area contributed by atoms with Crippen molar-refractivity contribution in [1.82, 2.24) is 15.2 Å². The van der Waals surface area contributed by atoms with Gasteiger partial charge >= 0.3 is 6.18 Å². The molecule has 0 spiro atoms. The summed E-state index contributed by atoms with van der Waals surface area (Å²) in [6.45, 7) is 3.41. The lowest BCUT2D eigenvalue weighted by atomic mass is 9.84. The standard InChI is InChI=1S/C21H30F3N3O2S/c1-2-19(28)25-13-16-5-3-15(4-6-16)7-10-27-11-8-17-18(9-12-27)30-20(26-17)29-14-21(22,23)24/h13,15H,2-12,14H2,1H3,(H,25,28). The first-order valence-corrected chi connectivity index (χ1v) is 11.5. The number of carbonyl (C=O) groups is 1. The normalized spacial score (nSPS) is 20.4.